The van der Waals surface area contributed by atoms with Crippen molar-refractivity contribution < 1.29 is 14.6 Å². The first kappa shape index (κ1) is 12.0. The molecule has 17 heavy (non-hydrogen) atoms. The minimum atomic E-state index is -0.403. The number of benzene rings is 1. The summed E-state index contributed by atoms with van der Waals surface area (Å²) in [6.07, 6.45) is 1.98. The average molecular weight is 254 g/mol. The van der Waals surface area contributed by atoms with Gasteiger partial charge in [0.05, 0.1) is 5.02 Å². The Bertz CT molecular complexity index is 497. The third-order valence-corrected chi connectivity index (χ3v) is 2.90. The Morgan fingerprint density at radius 3 is 2.94 bits per heavy atom. The zero-order valence-corrected chi connectivity index (χ0v) is 9.83. The maximum atomic E-state index is 11.4. The van der Waals surface area contributed by atoms with Crippen molar-refractivity contribution in [1.29, 1.82) is 0 Å². The molecule has 1 aliphatic rings. The highest BCUT2D eigenvalue weighted by Crippen LogP contribution is 2.33. The number of hydrogen-bond donors (Lipinski definition) is 2. The van der Waals surface area contributed by atoms with Crippen LogP contribution in [-0.2, 0) is 16.1 Å². The van der Waals surface area contributed by atoms with Crippen LogP contribution < -0.4 is 5.73 Å². The van der Waals surface area contributed by atoms with Gasteiger partial charge in [0.1, 0.15) is 12.4 Å². The van der Waals surface area contributed by atoms with Crippen LogP contribution in [0.25, 0.3) is 5.57 Å². The number of nitrogens with two attached hydrogens (primary N) is 1. The maximum Gasteiger partial charge on any atom is 0.331 e. The van der Waals surface area contributed by atoms with Gasteiger partial charge >= 0.3 is 5.97 Å². The van der Waals surface area contributed by atoms with Crippen molar-refractivity contribution >= 4 is 23.1 Å². The van der Waals surface area contributed by atoms with Crippen molar-refractivity contribution in [2.24, 2.45) is 5.73 Å². The molecule has 0 bridgehead atoms. The lowest BCUT2D eigenvalue weighted by Gasteiger charge is -2.10. The van der Waals surface area contributed by atoms with E-state index in [-0.39, 0.29) is 17.4 Å². The summed E-state index contributed by atoms with van der Waals surface area (Å²) in [6, 6.07) is 3.15. The van der Waals surface area contributed by atoms with Gasteiger partial charge in [-0.15, -0.1) is 0 Å². The fraction of sp³-hybridized carbons (Fsp3) is 0.250. The number of phenols is 1. The normalized spacial score (nSPS) is 14.7. The molecule has 1 aromatic carbocycles. The van der Waals surface area contributed by atoms with Crippen molar-refractivity contribution in [2.75, 3.05) is 6.54 Å². The number of aromatic hydroxyl groups is 1. The Balaban J connectivity index is 2.54. The van der Waals surface area contributed by atoms with Gasteiger partial charge in [-0.3, -0.25) is 0 Å². The Labute approximate surface area is 104 Å². The minimum absolute atomic E-state index is 0.0181. The second-order valence-electron chi connectivity index (χ2n) is 3.78. The molecule has 1 heterocycles. The highest BCUT2D eigenvalue weighted by Gasteiger charge is 2.17. The van der Waals surface area contributed by atoms with Crippen LogP contribution in [0.2, 0.25) is 5.02 Å². The quantitative estimate of drug-likeness (QED) is 0.789. The number of halogens is 1. The number of carbonyl (C=O) groups excluding carboxylic acids is 1. The molecule has 0 atom stereocenters. The summed E-state index contributed by atoms with van der Waals surface area (Å²) < 4.78 is 4.99. The number of hydrogen-bond acceptors (Lipinski definition) is 4. The highest BCUT2D eigenvalue weighted by atomic mass is 35.5. The zero-order valence-electron chi connectivity index (χ0n) is 9.07. The van der Waals surface area contributed by atoms with Gasteiger partial charge in [-0.25, -0.2) is 4.79 Å². The number of carbonyl (C=O) groups is 1. The molecule has 3 N–H and O–H groups in total. The topological polar surface area (TPSA) is 72.6 Å². The largest absolute Gasteiger partial charge is 0.506 e. The van der Waals surface area contributed by atoms with E-state index in [0.29, 0.717) is 13.0 Å². The molecule has 0 amide bonds. The van der Waals surface area contributed by atoms with Gasteiger partial charge in [0.15, 0.2) is 0 Å². The second-order valence-corrected chi connectivity index (χ2v) is 4.18. The van der Waals surface area contributed by atoms with E-state index in [2.05, 4.69) is 0 Å². The molecule has 0 unspecified atom stereocenters. The number of ether oxygens (including phenoxy) is 1. The van der Waals surface area contributed by atoms with Crippen LogP contribution in [0.15, 0.2) is 18.2 Å². The van der Waals surface area contributed by atoms with Crippen LogP contribution in [0.3, 0.4) is 0 Å². The predicted octanol–water partition coefficient (Wildman–Crippen LogP) is 1.83. The van der Waals surface area contributed by atoms with Crippen LogP contribution in [0.5, 0.6) is 5.75 Å². The molecule has 0 aromatic heterocycles. The molecule has 0 saturated heterocycles. The Kier molecular flexibility index (Phi) is 3.36. The number of phenolic OH excluding ortho intramolecular Hbond substituents is 1. The molecule has 5 heteroatoms. The Hall–Kier alpha value is -1.52. The summed E-state index contributed by atoms with van der Waals surface area (Å²) in [4.78, 5) is 11.4. The lowest BCUT2D eigenvalue weighted by atomic mass is 9.97. The van der Waals surface area contributed by atoms with Crippen LogP contribution in [0.1, 0.15) is 17.5 Å². The molecule has 0 saturated carbocycles. The first-order valence-corrected chi connectivity index (χ1v) is 5.58. The minimum Gasteiger partial charge on any atom is -0.506 e. The monoisotopic (exact) mass is 253 g/mol. The van der Waals surface area contributed by atoms with Gasteiger partial charge in [0.25, 0.3) is 0 Å². The van der Waals surface area contributed by atoms with Crippen molar-refractivity contribution in [1.82, 2.24) is 0 Å². The Morgan fingerprint density at radius 1 is 1.47 bits per heavy atom. The van der Waals surface area contributed by atoms with E-state index in [4.69, 9.17) is 22.1 Å². The molecule has 0 fully saturated rings. The summed E-state index contributed by atoms with van der Waals surface area (Å²) in [7, 11) is 0. The van der Waals surface area contributed by atoms with Crippen LogP contribution in [0.4, 0.5) is 0 Å². The van der Waals surface area contributed by atoms with Crippen molar-refractivity contribution in [3.8, 4) is 5.75 Å². The fourth-order valence-electron chi connectivity index (χ4n) is 1.80. The maximum absolute atomic E-state index is 11.4. The molecular weight excluding hydrogens is 242 g/mol. The molecule has 0 radical (unpaired) electrons. The van der Waals surface area contributed by atoms with E-state index in [0.717, 1.165) is 16.7 Å². The van der Waals surface area contributed by atoms with Gasteiger partial charge in [0, 0.05) is 11.6 Å². The van der Waals surface area contributed by atoms with E-state index in [9.17, 15) is 9.90 Å². The standard InChI is InChI=1S/C12H12ClNO3/c13-10-5-9-7(1-2-14)4-12(16)17-6-8(9)3-11(10)15/h3-5,15H,1-2,6,14H2. The summed E-state index contributed by atoms with van der Waals surface area (Å²) >= 11 is 5.87. The molecule has 1 aliphatic heterocycles. The number of esters is 1. The van der Waals surface area contributed by atoms with Crippen molar-refractivity contribution in [3.63, 3.8) is 0 Å². The average Bonchev–Trinajstić information content (AvgIpc) is 2.42. The van der Waals surface area contributed by atoms with E-state index in [1.54, 1.807) is 6.07 Å². The van der Waals surface area contributed by atoms with E-state index >= 15 is 0 Å². The predicted molar refractivity (Wildman–Crippen MR) is 64.6 cm³/mol. The van der Waals surface area contributed by atoms with Gasteiger partial charge in [-0.2, -0.15) is 0 Å². The summed E-state index contributed by atoms with van der Waals surface area (Å²) in [5, 5.41) is 9.78. The van der Waals surface area contributed by atoms with Gasteiger partial charge in [-0.1, -0.05) is 11.6 Å². The van der Waals surface area contributed by atoms with Crippen LogP contribution in [0, 0.1) is 0 Å². The first-order chi connectivity index (χ1) is 8.11. The smallest absolute Gasteiger partial charge is 0.331 e. The van der Waals surface area contributed by atoms with E-state index < -0.39 is 5.97 Å². The van der Waals surface area contributed by atoms with Gasteiger partial charge in [-0.05, 0) is 36.2 Å². The zero-order chi connectivity index (χ0) is 12.4. The molecule has 0 spiro atoms. The summed E-state index contributed by atoms with van der Waals surface area (Å²) in [6.45, 7) is 0.556. The second kappa shape index (κ2) is 4.77. The van der Waals surface area contributed by atoms with Crippen LogP contribution >= 0.6 is 11.6 Å². The van der Waals surface area contributed by atoms with Gasteiger partial charge in [0.2, 0.25) is 0 Å². The lowest BCUT2D eigenvalue weighted by Crippen LogP contribution is -2.01. The number of cyclic esters (lactones) is 1. The molecule has 4 nitrogen and oxygen atoms in total. The molecular formula is C12H12ClNO3. The lowest BCUT2D eigenvalue weighted by molar-refractivity contribution is -0.138. The van der Waals surface area contributed by atoms with Gasteiger partial charge < -0.3 is 15.6 Å². The van der Waals surface area contributed by atoms with Crippen molar-refractivity contribution in [2.45, 2.75) is 13.0 Å². The van der Waals surface area contributed by atoms with E-state index in [1.807, 2.05) is 0 Å². The van der Waals surface area contributed by atoms with Crippen LogP contribution in [-0.4, -0.2) is 17.6 Å². The molecule has 1 aromatic rings. The third kappa shape index (κ3) is 2.43. The number of rotatable bonds is 2. The van der Waals surface area contributed by atoms with E-state index in [1.165, 1.54) is 12.1 Å². The van der Waals surface area contributed by atoms with Crippen molar-refractivity contribution in [3.05, 3.63) is 34.4 Å². The first-order valence-electron chi connectivity index (χ1n) is 5.21. The SMILES string of the molecule is NCCC1=CC(=O)OCc2cc(O)c(Cl)cc21. The summed E-state index contributed by atoms with van der Waals surface area (Å²) in [5.74, 6) is -0.421. The highest BCUT2D eigenvalue weighted by molar-refractivity contribution is 6.32. The molecule has 2 rings (SSSR count). The fourth-order valence-corrected chi connectivity index (χ4v) is 1.96. The molecule has 0 aliphatic carbocycles. The summed E-state index contributed by atoms with van der Waals surface area (Å²) in [5.41, 5.74) is 7.83. The Morgan fingerprint density at radius 2 is 2.24 bits per heavy atom. The third-order valence-electron chi connectivity index (χ3n) is 2.59. The molecule has 90 valence electrons. The number of fused-ring (bicyclic) bond motifs is 1.